The first-order valence-electron chi connectivity index (χ1n) is 11.6. The van der Waals surface area contributed by atoms with E-state index in [1.807, 2.05) is 13.8 Å². The molecule has 0 spiro atoms. The highest BCUT2D eigenvalue weighted by molar-refractivity contribution is 6.12. The lowest BCUT2D eigenvalue weighted by Gasteiger charge is -2.24. The van der Waals surface area contributed by atoms with Gasteiger partial charge in [0, 0.05) is 5.92 Å². The zero-order valence-electron chi connectivity index (χ0n) is 19.0. The minimum absolute atomic E-state index is 0.0285. The molecule has 0 saturated heterocycles. The van der Waals surface area contributed by atoms with Crippen LogP contribution in [0.5, 0.6) is 6.01 Å². The van der Waals surface area contributed by atoms with E-state index >= 15 is 0 Å². The van der Waals surface area contributed by atoms with Crippen molar-refractivity contribution in [2.24, 2.45) is 0 Å². The van der Waals surface area contributed by atoms with E-state index in [1.54, 1.807) is 12.2 Å². The Morgan fingerprint density at radius 2 is 1.71 bits per heavy atom. The quantitative estimate of drug-likeness (QED) is 0.476. The topological polar surface area (TPSA) is 88.4 Å². The van der Waals surface area contributed by atoms with Crippen LogP contribution < -0.4 is 9.96 Å². The van der Waals surface area contributed by atoms with Gasteiger partial charge in [0.15, 0.2) is 0 Å². The molecule has 34 heavy (non-hydrogen) atoms. The van der Waals surface area contributed by atoms with Crippen molar-refractivity contribution in [3.05, 3.63) is 88.9 Å². The molecule has 170 valence electrons. The molecule has 6 heteroatoms. The van der Waals surface area contributed by atoms with Gasteiger partial charge in [-0.3, -0.25) is 0 Å². The molecule has 0 bridgehead atoms. The first-order chi connectivity index (χ1) is 16.5. The summed E-state index contributed by atoms with van der Waals surface area (Å²) in [5.41, 5.74) is 1.19. The molecule has 3 unspecified atom stereocenters. The fraction of sp³-hybridized carbons (Fsp3) is 0.250. The number of hydrogen-bond acceptors (Lipinski definition) is 6. The molecule has 2 aliphatic carbocycles. The summed E-state index contributed by atoms with van der Waals surface area (Å²) < 4.78 is 5.88. The molecule has 0 aliphatic heterocycles. The molecule has 1 aromatic heterocycles. The maximum Gasteiger partial charge on any atom is 0.320 e. The van der Waals surface area contributed by atoms with Gasteiger partial charge in [0.2, 0.25) is 0 Å². The predicted molar refractivity (Wildman–Crippen MR) is 132 cm³/mol. The van der Waals surface area contributed by atoms with Gasteiger partial charge in [-0.15, -0.1) is 0 Å². The SMILES string of the molecule is CC(C)Oc1nc(C2CC=c3ccc4cccc5ccc2c3c54)nc(C2C=CC(O)=CC2O)n1. The van der Waals surface area contributed by atoms with Crippen LogP contribution in [0.1, 0.15) is 49.3 Å². The van der Waals surface area contributed by atoms with Gasteiger partial charge in [-0.05, 0) is 64.7 Å². The van der Waals surface area contributed by atoms with E-state index in [4.69, 9.17) is 14.7 Å². The Balaban J connectivity index is 1.52. The molecule has 3 aromatic carbocycles. The summed E-state index contributed by atoms with van der Waals surface area (Å²) in [6, 6.07) is 15.4. The third-order valence-electron chi connectivity index (χ3n) is 6.57. The molecular formula is C28H25N3O3. The molecule has 1 heterocycles. The summed E-state index contributed by atoms with van der Waals surface area (Å²) in [6.45, 7) is 3.85. The van der Waals surface area contributed by atoms with Gasteiger partial charge >= 0.3 is 6.01 Å². The summed E-state index contributed by atoms with van der Waals surface area (Å²) in [5.74, 6) is 0.524. The Bertz CT molecular complexity index is 1520. The van der Waals surface area contributed by atoms with Crippen LogP contribution in [0.2, 0.25) is 0 Å². The molecule has 4 aromatic rings. The van der Waals surface area contributed by atoms with Crippen LogP contribution in [0.15, 0.2) is 66.5 Å². The average molecular weight is 452 g/mol. The number of hydrogen-bond donors (Lipinski definition) is 2. The zero-order valence-corrected chi connectivity index (χ0v) is 19.0. The van der Waals surface area contributed by atoms with E-state index in [9.17, 15) is 10.2 Å². The van der Waals surface area contributed by atoms with E-state index in [1.165, 1.54) is 38.4 Å². The van der Waals surface area contributed by atoms with Gasteiger partial charge in [0.25, 0.3) is 0 Å². The van der Waals surface area contributed by atoms with Gasteiger partial charge in [-0.1, -0.05) is 54.6 Å². The van der Waals surface area contributed by atoms with Crippen LogP contribution in [-0.4, -0.2) is 37.4 Å². The van der Waals surface area contributed by atoms with E-state index in [-0.39, 0.29) is 23.8 Å². The van der Waals surface area contributed by atoms with Crippen LogP contribution in [0.3, 0.4) is 0 Å². The zero-order chi connectivity index (χ0) is 23.4. The molecule has 0 amide bonds. The number of rotatable bonds is 4. The van der Waals surface area contributed by atoms with Crippen molar-refractivity contribution in [1.29, 1.82) is 0 Å². The van der Waals surface area contributed by atoms with E-state index < -0.39 is 12.0 Å². The standard InChI is InChI=1S/C28H25N3O3/c1-15(2)34-28-30-26(29-27(31-28)22-13-10-19(32)14-23(22)33)21-12-9-18-7-6-16-4-3-5-17-8-11-20(21)25(18)24(16)17/h3-11,13-15,21-23,32-33H,12H2,1-2H3. The lowest BCUT2D eigenvalue weighted by Crippen LogP contribution is -2.23. The average Bonchev–Trinajstić information content (AvgIpc) is 2.82. The van der Waals surface area contributed by atoms with Crippen molar-refractivity contribution in [2.45, 2.75) is 44.3 Å². The van der Waals surface area contributed by atoms with E-state index in [0.717, 1.165) is 6.42 Å². The normalized spacial score (nSPS) is 21.6. The van der Waals surface area contributed by atoms with Crippen molar-refractivity contribution < 1.29 is 14.9 Å². The molecule has 0 radical (unpaired) electrons. The van der Waals surface area contributed by atoms with E-state index in [0.29, 0.717) is 11.6 Å². The number of ether oxygens (including phenoxy) is 1. The molecule has 6 rings (SSSR count). The van der Waals surface area contributed by atoms with Crippen LogP contribution in [0.4, 0.5) is 0 Å². The maximum atomic E-state index is 10.6. The third kappa shape index (κ3) is 3.42. The van der Waals surface area contributed by atoms with Gasteiger partial charge < -0.3 is 14.9 Å². The van der Waals surface area contributed by atoms with Crippen molar-refractivity contribution in [1.82, 2.24) is 15.0 Å². The Kier molecular flexibility index (Phi) is 4.85. The number of allylic oxidation sites excluding steroid dienone is 1. The van der Waals surface area contributed by atoms with Crippen LogP contribution in [0.25, 0.3) is 27.6 Å². The molecule has 2 N–H and O–H groups in total. The minimum Gasteiger partial charge on any atom is -0.508 e. The summed E-state index contributed by atoms with van der Waals surface area (Å²) in [6.07, 6.45) is 6.64. The first kappa shape index (κ1) is 20.8. The highest BCUT2D eigenvalue weighted by atomic mass is 16.5. The Morgan fingerprint density at radius 1 is 0.941 bits per heavy atom. The highest BCUT2D eigenvalue weighted by Crippen LogP contribution is 2.38. The number of nitrogens with zero attached hydrogens (tertiary/aromatic N) is 3. The monoisotopic (exact) mass is 451 g/mol. The summed E-state index contributed by atoms with van der Waals surface area (Å²) in [4.78, 5) is 14.1. The van der Waals surface area contributed by atoms with Gasteiger partial charge in [0.1, 0.15) is 17.4 Å². The Labute approximate surface area is 197 Å². The minimum atomic E-state index is -0.931. The van der Waals surface area contributed by atoms with Crippen molar-refractivity contribution in [3.63, 3.8) is 0 Å². The molecule has 0 saturated carbocycles. The fourth-order valence-corrected chi connectivity index (χ4v) is 5.06. The largest absolute Gasteiger partial charge is 0.508 e. The number of aromatic nitrogens is 3. The Morgan fingerprint density at radius 3 is 2.47 bits per heavy atom. The van der Waals surface area contributed by atoms with Gasteiger partial charge in [-0.25, -0.2) is 4.98 Å². The van der Waals surface area contributed by atoms with E-state index in [2.05, 4.69) is 53.5 Å². The predicted octanol–water partition coefficient (Wildman–Crippen LogP) is 4.46. The lowest BCUT2D eigenvalue weighted by atomic mass is 9.83. The van der Waals surface area contributed by atoms with Crippen molar-refractivity contribution in [2.75, 3.05) is 0 Å². The van der Waals surface area contributed by atoms with Crippen LogP contribution in [0, 0.1) is 0 Å². The summed E-state index contributed by atoms with van der Waals surface area (Å²) in [5, 5.41) is 26.5. The molecular weight excluding hydrogens is 426 g/mol. The second-order valence-electron chi connectivity index (χ2n) is 9.22. The highest BCUT2D eigenvalue weighted by Gasteiger charge is 2.29. The van der Waals surface area contributed by atoms with Gasteiger partial charge in [0.05, 0.1) is 18.1 Å². The third-order valence-corrected chi connectivity index (χ3v) is 6.57. The number of benzene rings is 3. The second kappa shape index (κ2) is 7.92. The second-order valence-corrected chi connectivity index (χ2v) is 9.22. The summed E-state index contributed by atoms with van der Waals surface area (Å²) in [7, 11) is 0. The van der Waals surface area contributed by atoms with Crippen LogP contribution in [-0.2, 0) is 0 Å². The molecule has 2 aliphatic rings. The Hall–Kier alpha value is -3.77. The number of aliphatic hydroxyl groups excluding tert-OH is 2. The van der Waals surface area contributed by atoms with Crippen LogP contribution >= 0.6 is 0 Å². The fourth-order valence-electron chi connectivity index (χ4n) is 5.06. The summed E-state index contributed by atoms with van der Waals surface area (Å²) >= 11 is 0. The van der Waals surface area contributed by atoms with Crippen molar-refractivity contribution >= 4 is 27.6 Å². The first-order valence-corrected chi connectivity index (χ1v) is 11.6. The molecule has 6 nitrogen and oxygen atoms in total. The molecule has 3 atom stereocenters. The smallest absolute Gasteiger partial charge is 0.320 e. The van der Waals surface area contributed by atoms with Crippen molar-refractivity contribution in [3.8, 4) is 6.01 Å². The lowest BCUT2D eigenvalue weighted by molar-refractivity contribution is 0.191. The van der Waals surface area contributed by atoms with Gasteiger partial charge in [-0.2, -0.15) is 9.97 Å². The number of aliphatic hydroxyl groups is 2. The molecule has 0 fully saturated rings. The maximum absolute atomic E-state index is 10.6.